The maximum atomic E-state index is 12.9. The Labute approximate surface area is 177 Å². The van der Waals surface area contributed by atoms with E-state index < -0.39 is 10.8 Å². The lowest BCUT2D eigenvalue weighted by Crippen LogP contribution is -2.28. The van der Waals surface area contributed by atoms with Crippen LogP contribution in [-0.4, -0.2) is 23.3 Å². The van der Waals surface area contributed by atoms with Crippen molar-refractivity contribution in [1.82, 2.24) is 0 Å². The van der Waals surface area contributed by atoms with Gasteiger partial charge in [0.25, 0.3) is 17.5 Å². The highest BCUT2D eigenvalue weighted by atomic mass is 35.5. The van der Waals surface area contributed by atoms with Crippen LogP contribution < -0.4 is 10.2 Å². The van der Waals surface area contributed by atoms with Crippen LogP contribution >= 0.6 is 11.6 Å². The van der Waals surface area contributed by atoms with Gasteiger partial charge < -0.3 is 10.2 Å². The van der Waals surface area contributed by atoms with Crippen molar-refractivity contribution in [2.75, 3.05) is 16.8 Å². The van der Waals surface area contributed by atoms with Crippen molar-refractivity contribution in [2.24, 2.45) is 0 Å². The summed E-state index contributed by atoms with van der Waals surface area (Å²) in [5, 5.41) is 13.5. The van der Waals surface area contributed by atoms with E-state index in [1.165, 1.54) is 12.1 Å². The van der Waals surface area contributed by atoms with Crippen LogP contribution in [0.5, 0.6) is 0 Å². The molecule has 2 amide bonds. The van der Waals surface area contributed by atoms with E-state index in [9.17, 15) is 19.7 Å². The molecule has 7 nitrogen and oxygen atoms in total. The van der Waals surface area contributed by atoms with Gasteiger partial charge in [0.2, 0.25) is 0 Å². The van der Waals surface area contributed by atoms with Gasteiger partial charge >= 0.3 is 0 Å². The first-order valence-electron chi connectivity index (χ1n) is 9.19. The molecule has 8 heteroatoms. The summed E-state index contributed by atoms with van der Waals surface area (Å²) in [7, 11) is 0. The quantitative estimate of drug-likeness (QED) is 0.488. The third kappa shape index (κ3) is 3.75. The Morgan fingerprint density at radius 3 is 2.47 bits per heavy atom. The van der Waals surface area contributed by atoms with Crippen molar-refractivity contribution < 1.29 is 14.5 Å². The highest BCUT2D eigenvalue weighted by Gasteiger charge is 2.25. The molecule has 0 radical (unpaired) electrons. The third-order valence-corrected chi connectivity index (χ3v) is 5.24. The number of amides is 2. The average molecular weight is 422 g/mol. The molecule has 1 N–H and O–H groups in total. The molecule has 1 heterocycles. The van der Waals surface area contributed by atoms with Gasteiger partial charge in [0.1, 0.15) is 0 Å². The summed E-state index contributed by atoms with van der Waals surface area (Å²) >= 11 is 6.00. The zero-order valence-electron chi connectivity index (χ0n) is 15.7. The number of non-ortho nitro benzene ring substituents is 1. The van der Waals surface area contributed by atoms with Gasteiger partial charge in [0.05, 0.1) is 15.5 Å². The topological polar surface area (TPSA) is 92.6 Å². The molecule has 0 bridgehead atoms. The molecule has 3 aromatic rings. The number of nitrogens with one attached hydrogen (secondary N) is 1. The minimum absolute atomic E-state index is 0.0128. The van der Waals surface area contributed by atoms with Crippen molar-refractivity contribution in [3.63, 3.8) is 0 Å². The van der Waals surface area contributed by atoms with Crippen LogP contribution in [0, 0.1) is 10.1 Å². The van der Waals surface area contributed by atoms with Gasteiger partial charge in [0.15, 0.2) is 0 Å². The number of fused-ring (bicyclic) bond motifs is 1. The molecule has 1 aliphatic heterocycles. The largest absolute Gasteiger partial charge is 0.322 e. The van der Waals surface area contributed by atoms with E-state index in [0.29, 0.717) is 17.8 Å². The smallest absolute Gasteiger partial charge is 0.270 e. The molecule has 4 rings (SSSR count). The molecule has 0 saturated carbocycles. The minimum Gasteiger partial charge on any atom is -0.322 e. The Hall–Kier alpha value is -3.71. The second-order valence-electron chi connectivity index (χ2n) is 6.79. The van der Waals surface area contributed by atoms with Gasteiger partial charge in [-0.1, -0.05) is 29.8 Å². The number of hydrogen-bond donors (Lipinski definition) is 1. The Kier molecular flexibility index (Phi) is 5.20. The number of carbonyl (C=O) groups is 2. The zero-order valence-corrected chi connectivity index (χ0v) is 16.4. The van der Waals surface area contributed by atoms with Crippen molar-refractivity contribution in [2.45, 2.75) is 6.42 Å². The SMILES string of the molecule is O=C(Nc1ccc(C(=O)N2CCc3ccccc32)cc1)c1ccc([N+](=O)[O-])cc1Cl. The number of rotatable bonds is 4. The number of anilines is 2. The predicted molar refractivity (Wildman–Crippen MR) is 114 cm³/mol. The van der Waals surface area contributed by atoms with Gasteiger partial charge in [-0.25, -0.2) is 0 Å². The van der Waals surface area contributed by atoms with Crippen LogP contribution in [0.1, 0.15) is 26.3 Å². The summed E-state index contributed by atoms with van der Waals surface area (Å²) in [4.78, 5) is 37.3. The number of halogens is 1. The molecule has 3 aromatic carbocycles. The Morgan fingerprint density at radius 1 is 1.03 bits per heavy atom. The molecule has 0 aliphatic carbocycles. The molecule has 30 heavy (non-hydrogen) atoms. The summed E-state index contributed by atoms with van der Waals surface area (Å²) in [5.41, 5.74) is 2.99. The Morgan fingerprint density at radius 2 is 1.77 bits per heavy atom. The molecule has 0 saturated heterocycles. The zero-order chi connectivity index (χ0) is 21.3. The van der Waals surface area contributed by atoms with Crippen LogP contribution in [0.25, 0.3) is 0 Å². The Balaban J connectivity index is 1.47. The highest BCUT2D eigenvalue weighted by Crippen LogP contribution is 2.29. The van der Waals surface area contributed by atoms with E-state index in [1.54, 1.807) is 29.2 Å². The molecule has 150 valence electrons. The average Bonchev–Trinajstić information content (AvgIpc) is 3.17. The first kappa shape index (κ1) is 19.6. The van der Waals surface area contributed by atoms with Gasteiger partial charge in [-0.2, -0.15) is 0 Å². The number of hydrogen-bond acceptors (Lipinski definition) is 4. The lowest BCUT2D eigenvalue weighted by molar-refractivity contribution is -0.384. The maximum absolute atomic E-state index is 12.9. The van der Waals surface area contributed by atoms with Crippen molar-refractivity contribution in [3.8, 4) is 0 Å². The molecular formula is C22H16ClN3O4. The molecule has 0 fully saturated rings. The summed E-state index contributed by atoms with van der Waals surface area (Å²) in [6.45, 7) is 0.634. The lowest BCUT2D eigenvalue weighted by Gasteiger charge is -2.17. The van der Waals surface area contributed by atoms with Crippen LogP contribution in [0.15, 0.2) is 66.7 Å². The maximum Gasteiger partial charge on any atom is 0.270 e. The van der Waals surface area contributed by atoms with Crippen LogP contribution in [-0.2, 0) is 6.42 Å². The van der Waals surface area contributed by atoms with Gasteiger partial charge in [0, 0.05) is 35.6 Å². The summed E-state index contributed by atoms with van der Waals surface area (Å²) in [6.07, 6.45) is 0.825. The number of para-hydroxylation sites is 1. The van der Waals surface area contributed by atoms with Crippen molar-refractivity contribution in [3.05, 3.63) is 98.6 Å². The monoisotopic (exact) mass is 421 g/mol. The van der Waals surface area contributed by atoms with E-state index in [-0.39, 0.29) is 22.2 Å². The summed E-state index contributed by atoms with van der Waals surface area (Å²) in [5.74, 6) is -0.598. The molecule has 0 spiro atoms. The molecule has 1 aliphatic rings. The normalized spacial score (nSPS) is 12.4. The van der Waals surface area contributed by atoms with E-state index >= 15 is 0 Å². The highest BCUT2D eigenvalue weighted by molar-refractivity contribution is 6.34. The van der Waals surface area contributed by atoms with Crippen LogP contribution in [0.2, 0.25) is 5.02 Å². The molecule has 0 aromatic heterocycles. The molecule has 0 unspecified atom stereocenters. The number of benzene rings is 3. The van der Waals surface area contributed by atoms with Gasteiger partial charge in [-0.15, -0.1) is 0 Å². The summed E-state index contributed by atoms with van der Waals surface area (Å²) < 4.78 is 0. The number of nitro groups is 1. The summed E-state index contributed by atoms with van der Waals surface area (Å²) in [6, 6.07) is 18.0. The first-order chi connectivity index (χ1) is 14.4. The van der Waals surface area contributed by atoms with E-state index in [0.717, 1.165) is 23.7 Å². The fraction of sp³-hybridized carbons (Fsp3) is 0.0909. The van der Waals surface area contributed by atoms with Crippen molar-refractivity contribution in [1.29, 1.82) is 0 Å². The fourth-order valence-corrected chi connectivity index (χ4v) is 3.66. The van der Waals surface area contributed by atoms with Crippen LogP contribution in [0.4, 0.5) is 17.1 Å². The van der Waals surface area contributed by atoms with E-state index in [1.807, 2.05) is 24.3 Å². The standard InChI is InChI=1S/C22H16ClN3O4/c23-19-13-17(26(29)30)9-10-18(19)21(27)24-16-7-5-15(6-8-16)22(28)25-12-11-14-3-1-2-4-20(14)25/h1-10,13H,11-12H2,(H,24,27). The van der Waals surface area contributed by atoms with Gasteiger partial charge in [-0.3, -0.25) is 19.7 Å². The fourth-order valence-electron chi connectivity index (χ4n) is 3.40. The number of carbonyl (C=O) groups excluding carboxylic acids is 2. The van der Waals surface area contributed by atoms with E-state index in [2.05, 4.69) is 5.32 Å². The third-order valence-electron chi connectivity index (χ3n) is 4.93. The Bertz CT molecular complexity index is 1160. The first-order valence-corrected chi connectivity index (χ1v) is 9.57. The number of nitro benzene ring substituents is 1. The number of nitrogens with zero attached hydrogens (tertiary/aromatic N) is 2. The minimum atomic E-state index is -0.581. The lowest BCUT2D eigenvalue weighted by atomic mass is 10.1. The van der Waals surface area contributed by atoms with E-state index in [4.69, 9.17) is 11.6 Å². The second-order valence-corrected chi connectivity index (χ2v) is 7.20. The second kappa shape index (κ2) is 7.96. The van der Waals surface area contributed by atoms with Crippen LogP contribution in [0.3, 0.4) is 0 Å². The van der Waals surface area contributed by atoms with Crippen molar-refractivity contribution >= 4 is 40.5 Å². The molecular weight excluding hydrogens is 406 g/mol. The molecule has 0 atom stereocenters. The predicted octanol–water partition coefficient (Wildman–Crippen LogP) is 4.70. The van der Waals surface area contributed by atoms with Gasteiger partial charge in [-0.05, 0) is 48.4 Å².